The van der Waals surface area contributed by atoms with Crippen molar-refractivity contribution in [3.05, 3.63) is 63.8 Å². The molecule has 2 aliphatic heterocycles. The van der Waals surface area contributed by atoms with E-state index in [4.69, 9.17) is 42.6 Å². The second-order valence-electron chi connectivity index (χ2n) is 18.5. The highest BCUT2D eigenvalue weighted by Crippen LogP contribution is 2.70. The number of pyridine rings is 2. The molecule has 0 amide bonds. The monoisotopic (exact) mass is 940 g/mol. The largest absolute Gasteiger partial charge is 0.464 e. The van der Waals surface area contributed by atoms with Crippen LogP contribution in [0.2, 0.25) is 0 Å². The molecule has 3 fully saturated rings. The molecule has 2 aromatic rings. The van der Waals surface area contributed by atoms with Crippen LogP contribution in [0.1, 0.15) is 108 Å². The van der Waals surface area contributed by atoms with Crippen LogP contribution in [0.3, 0.4) is 0 Å². The quantitative estimate of drug-likeness (QED) is 0.264. The van der Waals surface area contributed by atoms with Gasteiger partial charge < -0.3 is 52.3 Å². The molecule has 0 radical (unpaired) electrons. The SMILES string of the molecule is CC(=O)O[C@@H]1[C@H](OC(=O)C(C)C)[C@@H]2[C@@H](OC(C)=O)[C@@]34O[C@@]2(C)COC(=O)c2cccnc2C(C)CC(=O)O[C@@H]([C@H](OC(=O)c2ccc(=O)n(C)c2)[C@H](OC(C)=O)[C@@]13COC(=O)C(C)C)[C@]4(C)O. The van der Waals surface area contributed by atoms with Crippen molar-refractivity contribution >= 4 is 47.8 Å². The molecule has 2 aliphatic carbocycles. The summed E-state index contributed by atoms with van der Waals surface area (Å²) in [5, 5.41) is 13.8. The number of hydrogen-bond donors (Lipinski definition) is 1. The lowest BCUT2D eigenvalue weighted by Gasteiger charge is -2.67. The smallest absolute Gasteiger partial charge is 0.340 e. The highest BCUT2D eigenvalue weighted by molar-refractivity contribution is 5.91. The number of ether oxygens (including phenoxy) is 9. The summed E-state index contributed by atoms with van der Waals surface area (Å²) in [6.45, 7) is 11.0. The lowest BCUT2D eigenvalue weighted by Crippen LogP contribution is -2.89. The highest BCUT2D eigenvalue weighted by Gasteiger charge is 2.92. The van der Waals surface area contributed by atoms with Crippen LogP contribution in [0.4, 0.5) is 0 Å². The summed E-state index contributed by atoms with van der Waals surface area (Å²) >= 11 is 0. The zero-order valence-electron chi connectivity index (χ0n) is 39.0. The Kier molecular flexibility index (Phi) is 13.8. The van der Waals surface area contributed by atoms with Crippen molar-refractivity contribution in [1.29, 1.82) is 0 Å². The molecule has 2 saturated carbocycles. The Balaban J connectivity index is 1.81. The Labute approximate surface area is 385 Å². The first-order valence-electron chi connectivity index (χ1n) is 21.7. The normalized spacial score (nSPS) is 33.3. The van der Waals surface area contributed by atoms with E-state index in [1.54, 1.807) is 6.92 Å². The number of aryl methyl sites for hydroxylation is 1. The molecule has 1 unspecified atom stereocenters. The third kappa shape index (κ3) is 8.66. The first kappa shape index (κ1) is 50.2. The van der Waals surface area contributed by atoms with Crippen molar-refractivity contribution in [3.63, 3.8) is 0 Å². The number of nitrogens with zero attached hydrogens (tertiary/aromatic N) is 2. The van der Waals surface area contributed by atoms with E-state index in [1.165, 1.54) is 60.0 Å². The van der Waals surface area contributed by atoms with Gasteiger partial charge in [0.05, 0.1) is 41.0 Å². The van der Waals surface area contributed by atoms with Gasteiger partial charge in [0.25, 0.3) is 0 Å². The standard InChI is InChI=1S/C46H56N2O19/c1-21(2)39(54)60-20-45-37(62-25(7)50)33(65-40(55)22(3)4)31-35(61-24(6)49)46(45)44(10,58)36(34(38(45)63-26(8)51)66-41(56)27-14-15-29(52)48(11)18-27)64-30(53)17-23(5)32-28(13-12-16-47-32)42(57)59-19-43(31,9)67-46/h12-16,18,21-23,31,33-38,58H,17,19-20H2,1-11H3/t23?,31-,33-,34+,35-,36+,37-,38+,43+,44+,45-,46+/m1/s1. The molecule has 1 saturated heterocycles. The van der Waals surface area contributed by atoms with Gasteiger partial charge in [-0.1, -0.05) is 34.6 Å². The van der Waals surface area contributed by atoms with Crippen molar-refractivity contribution < 1.29 is 86.1 Å². The summed E-state index contributed by atoms with van der Waals surface area (Å²) < 4.78 is 57.4. The summed E-state index contributed by atoms with van der Waals surface area (Å²) in [6, 6.07) is 5.05. The van der Waals surface area contributed by atoms with E-state index in [1.807, 2.05) is 0 Å². The molecule has 364 valence electrons. The van der Waals surface area contributed by atoms with Crippen molar-refractivity contribution in [1.82, 2.24) is 9.55 Å². The van der Waals surface area contributed by atoms with Gasteiger partial charge in [0.15, 0.2) is 30.0 Å². The Hall–Kier alpha value is -6.22. The molecule has 2 aromatic heterocycles. The van der Waals surface area contributed by atoms with Crippen LogP contribution in [-0.4, -0.2) is 129 Å². The maximum absolute atomic E-state index is 14.5. The molecule has 21 nitrogen and oxygen atoms in total. The number of aromatic nitrogens is 2. The van der Waals surface area contributed by atoms with Crippen molar-refractivity contribution in [2.75, 3.05) is 13.2 Å². The molecule has 1 N–H and O–H groups in total. The molecule has 6 rings (SSSR count). The Morgan fingerprint density at radius 3 is 2.01 bits per heavy atom. The number of aliphatic hydroxyl groups is 1. The van der Waals surface area contributed by atoms with Crippen LogP contribution in [0, 0.1) is 23.2 Å². The average molecular weight is 941 g/mol. The maximum Gasteiger partial charge on any atom is 0.340 e. The summed E-state index contributed by atoms with van der Waals surface area (Å²) in [7, 11) is 1.35. The zero-order chi connectivity index (χ0) is 49.7. The van der Waals surface area contributed by atoms with Gasteiger partial charge in [-0.15, -0.1) is 0 Å². The number of fused-ring (bicyclic) bond motifs is 5. The van der Waals surface area contributed by atoms with Crippen LogP contribution < -0.4 is 5.56 Å². The minimum Gasteiger partial charge on any atom is -0.464 e. The van der Waals surface area contributed by atoms with Gasteiger partial charge in [0.2, 0.25) is 5.56 Å². The van der Waals surface area contributed by atoms with E-state index >= 15 is 0 Å². The van der Waals surface area contributed by atoms with Crippen LogP contribution in [0.5, 0.6) is 0 Å². The number of esters is 8. The third-order valence-electron chi connectivity index (χ3n) is 12.9. The van der Waals surface area contributed by atoms with Gasteiger partial charge in [0.1, 0.15) is 42.0 Å². The second kappa shape index (κ2) is 18.5. The molecule has 1 spiro atoms. The fourth-order valence-electron chi connectivity index (χ4n) is 10.1. The fraction of sp³-hybridized carbons (Fsp3) is 0.609. The van der Waals surface area contributed by atoms with Gasteiger partial charge >= 0.3 is 47.8 Å². The van der Waals surface area contributed by atoms with E-state index in [0.717, 1.165) is 50.6 Å². The topological polar surface area (TPSA) is 275 Å². The van der Waals surface area contributed by atoms with E-state index in [0.29, 0.717) is 0 Å². The summed E-state index contributed by atoms with van der Waals surface area (Å²) in [6.07, 6.45) is -10.7. The van der Waals surface area contributed by atoms with Gasteiger partial charge in [-0.05, 0) is 32.0 Å². The molecule has 4 heterocycles. The first-order valence-corrected chi connectivity index (χ1v) is 21.7. The molecule has 67 heavy (non-hydrogen) atoms. The van der Waals surface area contributed by atoms with Gasteiger partial charge in [-0.3, -0.25) is 38.5 Å². The van der Waals surface area contributed by atoms with Gasteiger partial charge in [-0.2, -0.15) is 0 Å². The average Bonchev–Trinajstić information content (AvgIpc) is 3.46. The Morgan fingerprint density at radius 2 is 1.43 bits per heavy atom. The molecule has 4 aliphatic rings. The predicted molar refractivity (Wildman–Crippen MR) is 224 cm³/mol. The van der Waals surface area contributed by atoms with Gasteiger partial charge in [-0.25, -0.2) is 9.59 Å². The molecule has 0 aromatic carbocycles. The van der Waals surface area contributed by atoms with Gasteiger partial charge in [0, 0.05) is 52.2 Å². The summed E-state index contributed by atoms with van der Waals surface area (Å²) in [4.78, 5) is 129. The van der Waals surface area contributed by atoms with Crippen molar-refractivity contribution in [3.8, 4) is 0 Å². The number of hydrogen-bond acceptors (Lipinski definition) is 20. The van der Waals surface area contributed by atoms with Crippen LogP contribution in [0.15, 0.2) is 41.5 Å². The van der Waals surface area contributed by atoms with E-state index < -0.39 is 155 Å². The summed E-state index contributed by atoms with van der Waals surface area (Å²) in [5.74, 6) is -12.7. The molecular formula is C46H56N2O19. The van der Waals surface area contributed by atoms with E-state index in [2.05, 4.69) is 4.98 Å². The molecule has 21 heteroatoms. The summed E-state index contributed by atoms with van der Waals surface area (Å²) in [5.41, 5.74) is -11.4. The number of cyclic esters (lactones) is 1. The predicted octanol–water partition coefficient (Wildman–Crippen LogP) is 2.05. The first-order chi connectivity index (χ1) is 31.2. The van der Waals surface area contributed by atoms with Crippen molar-refractivity contribution in [2.24, 2.45) is 30.2 Å². The van der Waals surface area contributed by atoms with Crippen LogP contribution in [-0.2, 0) is 78.4 Å². The number of carbonyl (C=O) groups excluding carboxylic acids is 8. The Bertz CT molecular complexity index is 2410. The molecular weight excluding hydrogens is 885 g/mol. The Morgan fingerprint density at radius 1 is 0.836 bits per heavy atom. The van der Waals surface area contributed by atoms with Crippen LogP contribution in [0.25, 0.3) is 0 Å². The fourth-order valence-corrected chi connectivity index (χ4v) is 10.1. The minimum absolute atomic E-state index is 0.0687. The van der Waals surface area contributed by atoms with E-state index in [9.17, 15) is 48.3 Å². The lowest BCUT2D eigenvalue weighted by molar-refractivity contribution is -0.386. The maximum atomic E-state index is 14.5. The molecule has 4 bridgehead atoms. The second-order valence-corrected chi connectivity index (χ2v) is 18.5. The molecule has 12 atom stereocenters. The minimum atomic E-state index is -2.94. The van der Waals surface area contributed by atoms with Crippen LogP contribution >= 0.6 is 0 Å². The highest BCUT2D eigenvalue weighted by atomic mass is 16.7. The lowest BCUT2D eigenvalue weighted by atomic mass is 9.45. The number of rotatable bonds is 10. The third-order valence-corrected chi connectivity index (χ3v) is 12.9. The zero-order valence-corrected chi connectivity index (χ0v) is 39.0. The van der Waals surface area contributed by atoms with Crippen molar-refractivity contribution in [2.45, 2.75) is 135 Å². The van der Waals surface area contributed by atoms with E-state index in [-0.39, 0.29) is 16.8 Å². The number of carbonyl (C=O) groups is 8.